The zero-order chi connectivity index (χ0) is 29.1. The molecule has 0 radical (unpaired) electrons. The molecule has 3 aromatic rings. The van der Waals surface area contributed by atoms with Gasteiger partial charge < -0.3 is 14.1 Å². The largest absolute Gasteiger partial charge is 0.467 e. The van der Waals surface area contributed by atoms with E-state index in [1.54, 1.807) is 17.0 Å². The molecule has 1 aromatic heterocycles. The second kappa shape index (κ2) is 11.7. The molecule has 2 aliphatic heterocycles. The summed E-state index contributed by atoms with van der Waals surface area (Å²) in [6.07, 6.45) is 1.95. The van der Waals surface area contributed by atoms with Gasteiger partial charge in [0, 0.05) is 39.5 Å². The topological polar surface area (TPSA) is 130 Å². The molecule has 0 spiro atoms. The van der Waals surface area contributed by atoms with E-state index in [0.717, 1.165) is 11.1 Å². The lowest BCUT2D eigenvalue weighted by Gasteiger charge is -2.33. The van der Waals surface area contributed by atoms with Gasteiger partial charge in [-0.1, -0.05) is 35.9 Å². The maximum atomic E-state index is 13.2. The highest BCUT2D eigenvalue weighted by Crippen LogP contribution is 2.33. The third kappa shape index (κ3) is 6.08. The van der Waals surface area contributed by atoms with Crippen LogP contribution in [0.4, 0.5) is 0 Å². The van der Waals surface area contributed by atoms with Gasteiger partial charge >= 0.3 is 5.97 Å². The second-order valence-corrected chi connectivity index (χ2v) is 11.8. The van der Waals surface area contributed by atoms with E-state index in [4.69, 9.17) is 9.15 Å². The number of piperazine rings is 1. The highest BCUT2D eigenvalue weighted by Gasteiger charge is 2.35. The van der Waals surface area contributed by atoms with Crippen LogP contribution in [0.2, 0.25) is 0 Å². The SMILES string of the molecule is CC(=O)N1CCN(S(=O)(=O)c2cccc(C(=O)OCC(=O)N3N=C(c4ccc(C)cc4)CC3c3ccco3)c2)CC1. The minimum absolute atomic E-state index is 0.00546. The number of ether oxygens (including phenoxy) is 1. The van der Waals surface area contributed by atoms with Gasteiger partial charge in [0.2, 0.25) is 15.9 Å². The summed E-state index contributed by atoms with van der Waals surface area (Å²) in [5.41, 5.74) is 2.67. The van der Waals surface area contributed by atoms with Crippen molar-refractivity contribution in [2.45, 2.75) is 31.2 Å². The zero-order valence-electron chi connectivity index (χ0n) is 22.7. The molecule has 2 amide bonds. The molecule has 12 heteroatoms. The molecule has 1 unspecified atom stereocenters. The van der Waals surface area contributed by atoms with E-state index in [-0.39, 0.29) is 29.5 Å². The van der Waals surface area contributed by atoms with Crippen LogP contribution in [-0.4, -0.2) is 78.9 Å². The average molecular weight is 579 g/mol. The minimum Gasteiger partial charge on any atom is -0.467 e. The summed E-state index contributed by atoms with van der Waals surface area (Å²) < 4.78 is 38.5. The number of carbonyl (C=O) groups excluding carboxylic acids is 3. The van der Waals surface area contributed by atoms with Gasteiger partial charge in [0.25, 0.3) is 5.91 Å². The second-order valence-electron chi connectivity index (χ2n) is 9.90. The number of rotatable bonds is 7. The summed E-state index contributed by atoms with van der Waals surface area (Å²) in [7, 11) is -3.89. The van der Waals surface area contributed by atoms with Crippen molar-refractivity contribution in [1.82, 2.24) is 14.2 Å². The van der Waals surface area contributed by atoms with Gasteiger partial charge in [-0.3, -0.25) is 9.59 Å². The molecule has 41 heavy (non-hydrogen) atoms. The first kappa shape index (κ1) is 28.2. The van der Waals surface area contributed by atoms with E-state index < -0.39 is 34.5 Å². The molecule has 0 saturated carbocycles. The Balaban J connectivity index is 1.27. The van der Waals surface area contributed by atoms with Crippen LogP contribution in [0.1, 0.15) is 46.6 Å². The number of hydrazone groups is 1. The van der Waals surface area contributed by atoms with Crippen LogP contribution in [0.3, 0.4) is 0 Å². The number of hydrogen-bond acceptors (Lipinski definition) is 8. The Morgan fingerprint density at radius 3 is 2.39 bits per heavy atom. The molecule has 0 bridgehead atoms. The predicted octanol–water partition coefficient (Wildman–Crippen LogP) is 2.98. The quantitative estimate of drug-likeness (QED) is 0.394. The fourth-order valence-corrected chi connectivity index (χ4v) is 6.28. The minimum atomic E-state index is -3.89. The highest BCUT2D eigenvalue weighted by atomic mass is 32.2. The van der Waals surface area contributed by atoms with Gasteiger partial charge in [-0.25, -0.2) is 18.2 Å². The van der Waals surface area contributed by atoms with Crippen LogP contribution in [0.25, 0.3) is 0 Å². The van der Waals surface area contributed by atoms with E-state index in [2.05, 4.69) is 5.10 Å². The molecule has 11 nitrogen and oxygen atoms in total. The van der Waals surface area contributed by atoms with Crippen LogP contribution < -0.4 is 0 Å². The Hall–Kier alpha value is -4.29. The first-order valence-electron chi connectivity index (χ1n) is 13.2. The Labute approximate surface area is 238 Å². The zero-order valence-corrected chi connectivity index (χ0v) is 23.5. The van der Waals surface area contributed by atoms with Crippen molar-refractivity contribution in [2.75, 3.05) is 32.8 Å². The molecule has 1 fully saturated rings. The third-order valence-corrected chi connectivity index (χ3v) is 9.04. The standard InChI is InChI=1S/C29H30N4O7S/c1-20-8-10-22(11-9-20)25-18-26(27-7-4-16-39-27)33(30-25)28(35)19-40-29(36)23-5-3-6-24(17-23)41(37,38)32-14-12-31(13-15-32)21(2)34/h3-11,16-17,26H,12-15,18-19H2,1-2H3. The number of benzene rings is 2. The summed E-state index contributed by atoms with van der Waals surface area (Å²) in [6.45, 7) is 3.73. The average Bonchev–Trinajstić information content (AvgIpc) is 3.67. The third-order valence-electron chi connectivity index (χ3n) is 7.14. The number of esters is 1. The van der Waals surface area contributed by atoms with Gasteiger partial charge in [-0.05, 0) is 42.8 Å². The van der Waals surface area contributed by atoms with Crippen LogP contribution in [0.5, 0.6) is 0 Å². The summed E-state index contributed by atoms with van der Waals surface area (Å²) in [5.74, 6) is -0.942. The maximum absolute atomic E-state index is 13.2. The van der Waals surface area contributed by atoms with Gasteiger partial charge in [-0.15, -0.1) is 0 Å². The van der Waals surface area contributed by atoms with E-state index in [1.165, 1.54) is 46.8 Å². The fraction of sp³-hybridized carbons (Fsp3) is 0.310. The number of aryl methyl sites for hydroxylation is 1. The van der Waals surface area contributed by atoms with Gasteiger partial charge in [-0.2, -0.15) is 9.41 Å². The van der Waals surface area contributed by atoms with Crippen LogP contribution in [0, 0.1) is 6.92 Å². The summed E-state index contributed by atoms with van der Waals surface area (Å²) >= 11 is 0. The van der Waals surface area contributed by atoms with Crippen LogP contribution in [0.15, 0.2) is 81.3 Å². The molecule has 5 rings (SSSR count). The lowest BCUT2D eigenvalue weighted by atomic mass is 10.0. The number of nitrogens with zero attached hydrogens (tertiary/aromatic N) is 4. The van der Waals surface area contributed by atoms with Crippen molar-refractivity contribution in [3.63, 3.8) is 0 Å². The molecule has 3 heterocycles. The predicted molar refractivity (Wildman–Crippen MR) is 148 cm³/mol. The molecule has 1 atom stereocenters. The Bertz CT molecular complexity index is 1580. The van der Waals surface area contributed by atoms with Gasteiger partial charge in [0.15, 0.2) is 6.61 Å². The van der Waals surface area contributed by atoms with Crippen molar-refractivity contribution in [3.8, 4) is 0 Å². The van der Waals surface area contributed by atoms with Crippen molar-refractivity contribution in [1.29, 1.82) is 0 Å². The first-order valence-corrected chi connectivity index (χ1v) is 14.6. The molecule has 1 saturated heterocycles. The summed E-state index contributed by atoms with van der Waals surface area (Å²) in [6, 6.07) is 16.3. The molecular formula is C29H30N4O7S. The van der Waals surface area contributed by atoms with Crippen molar-refractivity contribution >= 4 is 33.5 Å². The van der Waals surface area contributed by atoms with Gasteiger partial charge in [0.1, 0.15) is 11.8 Å². The van der Waals surface area contributed by atoms with Crippen molar-refractivity contribution in [2.24, 2.45) is 5.10 Å². The number of sulfonamides is 1. The number of furan rings is 1. The number of hydrogen-bond donors (Lipinski definition) is 0. The van der Waals surface area contributed by atoms with E-state index in [0.29, 0.717) is 31.0 Å². The smallest absolute Gasteiger partial charge is 0.338 e. The summed E-state index contributed by atoms with van der Waals surface area (Å²) in [4.78, 5) is 39.2. The maximum Gasteiger partial charge on any atom is 0.338 e. The number of carbonyl (C=O) groups is 3. The van der Waals surface area contributed by atoms with Crippen LogP contribution >= 0.6 is 0 Å². The molecule has 214 valence electrons. The molecule has 2 aromatic carbocycles. The van der Waals surface area contributed by atoms with Crippen molar-refractivity contribution in [3.05, 3.63) is 89.4 Å². The Kier molecular flexibility index (Phi) is 8.04. The van der Waals surface area contributed by atoms with Gasteiger partial charge in [0.05, 0.1) is 22.4 Å². The molecular weight excluding hydrogens is 548 g/mol. The van der Waals surface area contributed by atoms with E-state index >= 15 is 0 Å². The molecule has 0 N–H and O–H groups in total. The fourth-order valence-electron chi connectivity index (χ4n) is 4.82. The lowest BCUT2D eigenvalue weighted by Crippen LogP contribution is -2.49. The lowest BCUT2D eigenvalue weighted by molar-refractivity contribution is -0.136. The van der Waals surface area contributed by atoms with Crippen molar-refractivity contribution < 1.29 is 32.0 Å². The van der Waals surface area contributed by atoms with E-state index in [9.17, 15) is 22.8 Å². The number of amides is 2. The van der Waals surface area contributed by atoms with E-state index in [1.807, 2.05) is 31.2 Å². The first-order chi connectivity index (χ1) is 19.6. The monoisotopic (exact) mass is 578 g/mol. The highest BCUT2D eigenvalue weighted by molar-refractivity contribution is 7.89. The Morgan fingerprint density at radius 2 is 1.73 bits per heavy atom. The molecule has 2 aliphatic rings. The van der Waals surface area contributed by atoms with Crippen LogP contribution in [-0.2, 0) is 24.3 Å². The Morgan fingerprint density at radius 1 is 1.00 bits per heavy atom. The molecule has 0 aliphatic carbocycles. The normalized spacial score (nSPS) is 17.8. The summed E-state index contributed by atoms with van der Waals surface area (Å²) in [5, 5.41) is 5.80.